The maximum Gasteiger partial charge on any atom is 0.314 e. The molecule has 0 aliphatic heterocycles. The summed E-state index contributed by atoms with van der Waals surface area (Å²) in [5.74, 6) is -0.585. The predicted octanol–water partition coefficient (Wildman–Crippen LogP) is 6.16. The molecular formula is C26H35O4P. The summed E-state index contributed by atoms with van der Waals surface area (Å²) >= 11 is 0. The van der Waals surface area contributed by atoms with Crippen LogP contribution in [0.4, 0.5) is 0 Å². The SMILES string of the molecule is CCCCCOC(=O)CP(=O)(C(=O)c1c(C)cc(C(C)(C)C)cc1C)c1ccccc1. The molecule has 0 heterocycles. The number of carbonyl (C=O) groups is 2. The third-order valence-corrected chi connectivity index (χ3v) is 8.19. The molecule has 0 N–H and O–H groups in total. The fourth-order valence-electron chi connectivity index (χ4n) is 3.63. The minimum absolute atomic E-state index is 0.0669. The molecule has 1 atom stereocenters. The minimum atomic E-state index is -3.72. The number of esters is 1. The van der Waals surface area contributed by atoms with E-state index in [4.69, 9.17) is 4.74 Å². The van der Waals surface area contributed by atoms with Crippen LogP contribution in [0.5, 0.6) is 0 Å². The highest BCUT2D eigenvalue weighted by atomic mass is 31.2. The van der Waals surface area contributed by atoms with Crippen LogP contribution >= 0.6 is 7.14 Å². The van der Waals surface area contributed by atoms with Crippen LogP contribution in [0, 0.1) is 13.8 Å². The van der Waals surface area contributed by atoms with E-state index in [-0.39, 0.29) is 12.0 Å². The smallest absolute Gasteiger partial charge is 0.314 e. The van der Waals surface area contributed by atoms with E-state index in [1.54, 1.807) is 30.3 Å². The third kappa shape index (κ3) is 6.17. The Morgan fingerprint density at radius 3 is 2.06 bits per heavy atom. The van der Waals surface area contributed by atoms with Gasteiger partial charge in [-0.15, -0.1) is 0 Å². The normalized spacial score (nSPS) is 13.5. The van der Waals surface area contributed by atoms with Gasteiger partial charge >= 0.3 is 5.97 Å². The fraction of sp³-hybridized carbons (Fsp3) is 0.462. The van der Waals surface area contributed by atoms with Crippen molar-refractivity contribution < 1.29 is 18.9 Å². The lowest BCUT2D eigenvalue weighted by molar-refractivity contribution is -0.140. The Bertz CT molecular complexity index is 948. The second-order valence-corrected chi connectivity index (χ2v) is 11.9. The lowest BCUT2D eigenvalue weighted by atomic mass is 9.84. The number of hydrogen-bond donors (Lipinski definition) is 0. The molecule has 2 aromatic carbocycles. The molecule has 0 bridgehead atoms. The molecular weight excluding hydrogens is 407 g/mol. The van der Waals surface area contributed by atoms with E-state index >= 15 is 0 Å². The highest BCUT2D eigenvalue weighted by molar-refractivity contribution is 7.88. The van der Waals surface area contributed by atoms with Gasteiger partial charge in [-0.2, -0.15) is 0 Å². The fourth-order valence-corrected chi connectivity index (χ4v) is 6.01. The first-order valence-corrected chi connectivity index (χ1v) is 12.9. The number of carbonyl (C=O) groups excluding carboxylic acids is 2. The average Bonchev–Trinajstić information content (AvgIpc) is 2.70. The van der Waals surface area contributed by atoms with Crippen LogP contribution in [-0.4, -0.2) is 24.3 Å². The van der Waals surface area contributed by atoms with Gasteiger partial charge in [-0.25, -0.2) is 0 Å². The molecule has 0 aromatic heterocycles. The molecule has 5 heteroatoms. The first-order valence-electron chi connectivity index (χ1n) is 11.0. The number of aryl methyl sites for hydroxylation is 2. The standard InChI is InChI=1S/C26H35O4P/c1-7-8-12-15-30-23(27)18-31(29,22-13-10-9-11-14-22)25(28)24-19(2)16-21(17-20(24)3)26(4,5)6/h9-11,13-14,16-17H,7-8,12,15,18H2,1-6H3. The van der Waals surface area contributed by atoms with E-state index < -0.39 is 24.8 Å². The Kier molecular flexibility index (Phi) is 8.42. The Morgan fingerprint density at radius 1 is 0.968 bits per heavy atom. The van der Waals surface area contributed by atoms with Crippen molar-refractivity contribution in [3.63, 3.8) is 0 Å². The molecule has 0 aliphatic carbocycles. The summed E-state index contributed by atoms with van der Waals surface area (Å²) in [6, 6.07) is 12.6. The zero-order valence-electron chi connectivity index (χ0n) is 19.7. The molecule has 0 radical (unpaired) electrons. The Balaban J connectivity index is 2.45. The van der Waals surface area contributed by atoms with Crippen molar-refractivity contribution in [2.24, 2.45) is 0 Å². The van der Waals surface area contributed by atoms with Crippen LogP contribution in [-0.2, 0) is 19.5 Å². The monoisotopic (exact) mass is 442 g/mol. The van der Waals surface area contributed by atoms with Crippen molar-refractivity contribution >= 4 is 23.9 Å². The third-order valence-electron chi connectivity index (χ3n) is 5.48. The van der Waals surface area contributed by atoms with E-state index in [1.807, 2.05) is 26.0 Å². The van der Waals surface area contributed by atoms with Gasteiger partial charge in [-0.3, -0.25) is 9.59 Å². The van der Waals surface area contributed by atoms with Gasteiger partial charge in [-0.1, -0.05) is 83.0 Å². The Hall–Kier alpha value is -2.19. The van der Waals surface area contributed by atoms with Crippen LogP contribution < -0.4 is 5.30 Å². The van der Waals surface area contributed by atoms with Crippen LogP contribution in [0.3, 0.4) is 0 Å². The molecule has 0 fully saturated rings. The number of hydrogen-bond acceptors (Lipinski definition) is 4. The van der Waals surface area contributed by atoms with Gasteiger partial charge in [0.1, 0.15) is 6.16 Å². The lowest BCUT2D eigenvalue weighted by Crippen LogP contribution is -2.23. The zero-order chi connectivity index (χ0) is 23.2. The van der Waals surface area contributed by atoms with Crippen molar-refractivity contribution in [1.29, 1.82) is 0 Å². The highest BCUT2D eigenvalue weighted by Crippen LogP contribution is 2.49. The van der Waals surface area contributed by atoms with E-state index in [2.05, 4.69) is 27.7 Å². The molecule has 0 saturated carbocycles. The number of unbranched alkanes of at least 4 members (excludes halogenated alkanes) is 2. The highest BCUT2D eigenvalue weighted by Gasteiger charge is 2.39. The van der Waals surface area contributed by atoms with E-state index in [0.717, 1.165) is 36.0 Å². The van der Waals surface area contributed by atoms with Gasteiger partial charge in [-0.05, 0) is 42.4 Å². The van der Waals surface area contributed by atoms with Crippen molar-refractivity contribution in [3.8, 4) is 0 Å². The summed E-state index contributed by atoms with van der Waals surface area (Å²) < 4.78 is 19.5. The average molecular weight is 443 g/mol. The number of rotatable bonds is 9. The van der Waals surface area contributed by atoms with Crippen molar-refractivity contribution in [2.75, 3.05) is 12.8 Å². The largest absolute Gasteiger partial charge is 0.465 e. The molecule has 0 aliphatic rings. The van der Waals surface area contributed by atoms with Crippen molar-refractivity contribution in [3.05, 3.63) is 64.7 Å². The molecule has 168 valence electrons. The van der Waals surface area contributed by atoms with Gasteiger partial charge in [0.15, 0.2) is 7.14 Å². The van der Waals surface area contributed by atoms with E-state index in [0.29, 0.717) is 10.9 Å². The summed E-state index contributed by atoms with van der Waals surface area (Å²) in [7, 11) is -3.72. The van der Waals surface area contributed by atoms with Gasteiger partial charge in [0.25, 0.3) is 0 Å². The Labute approximate surface area is 186 Å². The van der Waals surface area contributed by atoms with Crippen molar-refractivity contribution in [2.45, 2.75) is 66.2 Å². The second-order valence-electron chi connectivity index (χ2n) is 9.20. The summed E-state index contributed by atoms with van der Waals surface area (Å²) in [6.45, 7) is 12.4. The van der Waals surface area contributed by atoms with Gasteiger partial charge in [0.05, 0.1) is 6.61 Å². The molecule has 4 nitrogen and oxygen atoms in total. The van der Waals surface area contributed by atoms with Crippen molar-refractivity contribution in [1.82, 2.24) is 0 Å². The zero-order valence-corrected chi connectivity index (χ0v) is 20.6. The van der Waals surface area contributed by atoms with Gasteiger partial charge in [0, 0.05) is 10.9 Å². The lowest BCUT2D eigenvalue weighted by Gasteiger charge is -2.24. The molecule has 31 heavy (non-hydrogen) atoms. The van der Waals surface area contributed by atoms with Gasteiger partial charge in [0.2, 0.25) is 5.52 Å². The molecule has 2 aromatic rings. The molecule has 0 amide bonds. The first kappa shape index (κ1) is 25.1. The quantitative estimate of drug-likeness (QED) is 0.265. The summed E-state index contributed by atoms with van der Waals surface area (Å²) in [4.78, 5) is 26.3. The minimum Gasteiger partial charge on any atom is -0.465 e. The van der Waals surface area contributed by atoms with Crippen LogP contribution in [0.2, 0.25) is 0 Å². The van der Waals surface area contributed by atoms with E-state index in [1.165, 1.54) is 0 Å². The number of ether oxygens (including phenoxy) is 1. The predicted molar refractivity (Wildman–Crippen MR) is 128 cm³/mol. The number of benzene rings is 2. The molecule has 1 unspecified atom stereocenters. The summed E-state index contributed by atoms with van der Waals surface area (Å²) in [5.41, 5.74) is 2.58. The van der Waals surface area contributed by atoms with Crippen LogP contribution in [0.1, 0.15) is 74.0 Å². The topological polar surface area (TPSA) is 60.4 Å². The molecule has 0 spiro atoms. The van der Waals surface area contributed by atoms with E-state index in [9.17, 15) is 14.2 Å². The molecule has 2 rings (SSSR count). The van der Waals surface area contributed by atoms with Crippen LogP contribution in [0.25, 0.3) is 0 Å². The summed E-state index contributed by atoms with van der Waals surface area (Å²) in [6.07, 6.45) is 2.32. The Morgan fingerprint density at radius 2 is 1.55 bits per heavy atom. The molecule has 0 saturated heterocycles. The second kappa shape index (κ2) is 10.4. The first-order chi connectivity index (χ1) is 14.5. The summed E-state index contributed by atoms with van der Waals surface area (Å²) in [5, 5.41) is 0.393. The van der Waals surface area contributed by atoms with Gasteiger partial charge < -0.3 is 9.30 Å². The maximum absolute atomic E-state index is 14.2. The van der Waals surface area contributed by atoms with Crippen LogP contribution in [0.15, 0.2) is 42.5 Å². The maximum atomic E-state index is 14.2.